The van der Waals surface area contributed by atoms with Crippen LogP contribution in [0.3, 0.4) is 0 Å². The molecule has 0 radical (unpaired) electrons. The van der Waals surface area contributed by atoms with E-state index in [-0.39, 0.29) is 29.0 Å². The van der Waals surface area contributed by atoms with Crippen molar-refractivity contribution in [2.75, 3.05) is 6.54 Å². The van der Waals surface area contributed by atoms with E-state index in [1.54, 1.807) is 13.0 Å². The van der Waals surface area contributed by atoms with Crippen LogP contribution in [0, 0.1) is 6.92 Å². The van der Waals surface area contributed by atoms with Gasteiger partial charge in [-0.3, -0.25) is 14.4 Å². The van der Waals surface area contributed by atoms with Crippen molar-refractivity contribution in [3.8, 4) is 0 Å². The minimum absolute atomic E-state index is 0.0399. The number of amides is 3. The number of sulfonamides is 1. The zero-order valence-electron chi connectivity index (χ0n) is 19.2. The summed E-state index contributed by atoms with van der Waals surface area (Å²) >= 11 is 0. The third-order valence-electron chi connectivity index (χ3n) is 5.79. The van der Waals surface area contributed by atoms with Gasteiger partial charge in [-0.25, -0.2) is 12.7 Å². The Morgan fingerprint density at radius 3 is 2.42 bits per heavy atom. The molecule has 0 saturated carbocycles. The highest BCUT2D eigenvalue weighted by Crippen LogP contribution is 2.30. The van der Waals surface area contributed by atoms with Gasteiger partial charge in [0.1, 0.15) is 17.5 Å². The largest absolute Gasteiger partial charge is 0.352 e. The third kappa shape index (κ3) is 5.08. The molecule has 33 heavy (non-hydrogen) atoms. The summed E-state index contributed by atoms with van der Waals surface area (Å²) in [5.41, 5.74) is 1.83. The fourth-order valence-electron chi connectivity index (χ4n) is 3.66. The fourth-order valence-corrected chi connectivity index (χ4v) is 5.17. The molecule has 2 atom stereocenters. The Labute approximate surface area is 194 Å². The molecule has 1 aliphatic heterocycles. The van der Waals surface area contributed by atoms with Crippen molar-refractivity contribution in [2.24, 2.45) is 0 Å². The van der Waals surface area contributed by atoms with Gasteiger partial charge in [0.2, 0.25) is 11.8 Å². The van der Waals surface area contributed by atoms with Gasteiger partial charge in [-0.2, -0.15) is 0 Å². The highest BCUT2D eigenvalue weighted by atomic mass is 32.2. The lowest BCUT2D eigenvalue weighted by atomic mass is 10.1. The van der Waals surface area contributed by atoms with Crippen LogP contribution in [0.15, 0.2) is 53.4 Å². The molecule has 0 aliphatic carbocycles. The molecule has 0 bridgehead atoms. The fraction of sp³-hybridized carbons (Fsp3) is 0.375. The predicted molar refractivity (Wildman–Crippen MR) is 124 cm³/mol. The quantitative estimate of drug-likeness (QED) is 0.637. The van der Waals surface area contributed by atoms with Crippen LogP contribution in [0.5, 0.6) is 0 Å². The number of benzene rings is 2. The lowest BCUT2D eigenvalue weighted by Crippen LogP contribution is -2.52. The van der Waals surface area contributed by atoms with Crippen LogP contribution in [0.2, 0.25) is 0 Å². The molecule has 1 aliphatic rings. The van der Waals surface area contributed by atoms with Crippen molar-refractivity contribution >= 4 is 27.7 Å². The Bertz CT molecular complexity index is 1180. The van der Waals surface area contributed by atoms with Gasteiger partial charge in [0.15, 0.2) is 0 Å². The lowest BCUT2D eigenvalue weighted by molar-refractivity contribution is -0.140. The Morgan fingerprint density at radius 1 is 1.09 bits per heavy atom. The van der Waals surface area contributed by atoms with Crippen molar-refractivity contribution in [1.82, 2.24) is 14.5 Å². The normalized spacial score (nSPS) is 16.1. The van der Waals surface area contributed by atoms with Gasteiger partial charge in [0.05, 0.1) is 5.56 Å². The summed E-state index contributed by atoms with van der Waals surface area (Å²) in [4.78, 5) is 40.1. The molecule has 0 spiro atoms. The molecule has 0 saturated heterocycles. The van der Waals surface area contributed by atoms with Crippen LogP contribution in [0.4, 0.5) is 0 Å². The number of nitrogens with zero attached hydrogens (tertiary/aromatic N) is 2. The number of carbonyl (C=O) groups is 3. The molecule has 3 rings (SSSR count). The molecule has 0 aromatic heterocycles. The summed E-state index contributed by atoms with van der Waals surface area (Å²) in [6.07, 6.45) is 0.725. The molecule has 176 valence electrons. The summed E-state index contributed by atoms with van der Waals surface area (Å²) in [6, 6.07) is 12.4. The SMILES string of the molecule is CC[C@H](C)NC(=O)[C@@H](C)N(Cc1cccc(C)c1)C(=O)CN1C(=O)c2ccccc2S1(=O)=O. The predicted octanol–water partition coefficient (Wildman–Crippen LogP) is 2.47. The van der Waals surface area contributed by atoms with E-state index >= 15 is 0 Å². The minimum Gasteiger partial charge on any atom is -0.352 e. The Hall–Kier alpha value is -3.20. The van der Waals surface area contributed by atoms with E-state index in [1.165, 1.54) is 23.1 Å². The molecule has 1 heterocycles. The number of fused-ring (bicyclic) bond motifs is 1. The summed E-state index contributed by atoms with van der Waals surface area (Å²) in [5.74, 6) is -1.72. The summed E-state index contributed by atoms with van der Waals surface area (Å²) in [7, 11) is -4.14. The lowest BCUT2D eigenvalue weighted by Gasteiger charge is -2.31. The van der Waals surface area contributed by atoms with Gasteiger partial charge in [-0.1, -0.05) is 48.9 Å². The average molecular weight is 472 g/mol. The molecule has 0 unspecified atom stereocenters. The zero-order valence-corrected chi connectivity index (χ0v) is 20.1. The van der Waals surface area contributed by atoms with Gasteiger partial charge in [-0.15, -0.1) is 0 Å². The van der Waals surface area contributed by atoms with Gasteiger partial charge in [0, 0.05) is 12.6 Å². The van der Waals surface area contributed by atoms with Crippen molar-refractivity contribution in [2.45, 2.75) is 57.6 Å². The molecule has 9 heteroatoms. The third-order valence-corrected chi connectivity index (χ3v) is 7.58. The minimum atomic E-state index is -4.14. The van der Waals surface area contributed by atoms with Crippen molar-refractivity contribution < 1.29 is 22.8 Å². The topological polar surface area (TPSA) is 104 Å². The zero-order chi connectivity index (χ0) is 24.3. The second-order valence-corrected chi connectivity index (χ2v) is 10.1. The van der Waals surface area contributed by atoms with E-state index in [0.29, 0.717) is 4.31 Å². The number of hydrogen-bond acceptors (Lipinski definition) is 5. The second kappa shape index (κ2) is 9.74. The molecule has 1 N–H and O–H groups in total. The van der Waals surface area contributed by atoms with E-state index in [2.05, 4.69) is 5.32 Å². The number of aryl methyl sites for hydroxylation is 1. The highest BCUT2D eigenvalue weighted by Gasteiger charge is 2.43. The molecule has 8 nitrogen and oxygen atoms in total. The molecule has 0 fully saturated rings. The monoisotopic (exact) mass is 471 g/mol. The Kier molecular flexibility index (Phi) is 7.22. The molecule has 2 aromatic rings. The van der Waals surface area contributed by atoms with Gasteiger partial charge < -0.3 is 10.2 Å². The second-order valence-electron chi connectivity index (χ2n) is 8.32. The van der Waals surface area contributed by atoms with Crippen LogP contribution in [-0.4, -0.2) is 54.0 Å². The van der Waals surface area contributed by atoms with E-state index in [9.17, 15) is 22.8 Å². The maximum Gasteiger partial charge on any atom is 0.269 e. The molecular formula is C24H29N3O5S. The maximum atomic E-state index is 13.4. The highest BCUT2D eigenvalue weighted by molar-refractivity contribution is 7.90. The number of hydrogen-bond donors (Lipinski definition) is 1. The van der Waals surface area contributed by atoms with Crippen molar-refractivity contribution in [1.29, 1.82) is 0 Å². The molecule has 3 amide bonds. The first-order valence-electron chi connectivity index (χ1n) is 10.9. The first-order chi connectivity index (χ1) is 15.6. The maximum absolute atomic E-state index is 13.4. The average Bonchev–Trinajstić information content (AvgIpc) is 2.97. The van der Waals surface area contributed by atoms with Crippen LogP contribution in [0.1, 0.15) is 48.7 Å². The first kappa shape index (κ1) is 24.4. The van der Waals surface area contributed by atoms with Gasteiger partial charge in [0.25, 0.3) is 15.9 Å². The summed E-state index contributed by atoms with van der Waals surface area (Å²) in [5, 5.41) is 2.86. The number of rotatable bonds is 8. The van der Waals surface area contributed by atoms with Crippen molar-refractivity contribution in [3.63, 3.8) is 0 Å². The van der Waals surface area contributed by atoms with E-state index in [4.69, 9.17) is 0 Å². The van der Waals surface area contributed by atoms with Crippen LogP contribution < -0.4 is 5.32 Å². The number of carbonyl (C=O) groups excluding carboxylic acids is 3. The van der Waals surface area contributed by atoms with E-state index in [1.807, 2.05) is 45.0 Å². The Balaban J connectivity index is 1.89. The van der Waals surface area contributed by atoms with Gasteiger partial charge in [-0.05, 0) is 44.9 Å². The van der Waals surface area contributed by atoms with E-state index < -0.39 is 34.4 Å². The van der Waals surface area contributed by atoms with Gasteiger partial charge >= 0.3 is 0 Å². The molecule has 2 aromatic carbocycles. The molecular weight excluding hydrogens is 442 g/mol. The van der Waals surface area contributed by atoms with Crippen molar-refractivity contribution in [3.05, 3.63) is 65.2 Å². The first-order valence-corrected chi connectivity index (χ1v) is 12.3. The van der Waals surface area contributed by atoms with Crippen LogP contribution in [0.25, 0.3) is 0 Å². The smallest absolute Gasteiger partial charge is 0.269 e. The Morgan fingerprint density at radius 2 is 1.79 bits per heavy atom. The summed E-state index contributed by atoms with van der Waals surface area (Å²) in [6.45, 7) is 6.74. The van der Waals surface area contributed by atoms with Crippen LogP contribution >= 0.6 is 0 Å². The van der Waals surface area contributed by atoms with E-state index in [0.717, 1.165) is 17.5 Å². The van der Waals surface area contributed by atoms with Crippen LogP contribution in [-0.2, 0) is 26.2 Å². The number of nitrogens with one attached hydrogen (secondary N) is 1. The standard InChI is InChI=1S/C24H29N3O5S/c1-5-17(3)25-23(29)18(4)26(14-19-10-8-9-16(2)13-19)22(28)15-27-24(30)20-11-6-7-12-21(20)33(27,31)32/h6-13,17-18H,5,14-15H2,1-4H3,(H,25,29)/t17-,18+/m0/s1. The summed E-state index contributed by atoms with van der Waals surface area (Å²) < 4.78 is 26.4.